The van der Waals surface area contributed by atoms with Gasteiger partial charge in [0, 0.05) is 0 Å². The second-order valence-corrected chi connectivity index (χ2v) is 3.93. The maximum absolute atomic E-state index is 13.2. The Morgan fingerprint density at radius 1 is 1.40 bits per heavy atom. The molecule has 0 N–H and O–H groups in total. The summed E-state index contributed by atoms with van der Waals surface area (Å²) in [5.74, 6) is -0.0791. The summed E-state index contributed by atoms with van der Waals surface area (Å²) in [5, 5.41) is 0. The van der Waals surface area contributed by atoms with Crippen molar-refractivity contribution in [3.8, 4) is 0 Å². The lowest BCUT2D eigenvalue weighted by molar-refractivity contribution is -0.105. The van der Waals surface area contributed by atoms with E-state index in [0.717, 1.165) is 11.8 Å². The van der Waals surface area contributed by atoms with E-state index in [1.165, 1.54) is 6.07 Å². The van der Waals surface area contributed by atoms with Crippen molar-refractivity contribution in [1.82, 2.24) is 0 Å². The fourth-order valence-corrected chi connectivity index (χ4v) is 1.23. The lowest BCUT2D eigenvalue weighted by Gasteiger charge is -2.04. The number of hydrogen-bond donors (Lipinski definition) is 0. The van der Waals surface area contributed by atoms with Crippen molar-refractivity contribution in [1.29, 1.82) is 0 Å². The van der Waals surface area contributed by atoms with E-state index in [9.17, 15) is 9.18 Å². The molecule has 2 heteroatoms. The molecule has 0 aromatic heterocycles. The van der Waals surface area contributed by atoms with Gasteiger partial charge in [0.2, 0.25) is 0 Å². The van der Waals surface area contributed by atoms with Crippen molar-refractivity contribution in [2.75, 3.05) is 0 Å². The van der Waals surface area contributed by atoms with Crippen LogP contribution in [-0.4, -0.2) is 6.29 Å². The first-order valence-corrected chi connectivity index (χ1v) is 4.97. The molecule has 0 radical (unpaired) electrons. The Hall–Kier alpha value is -1.44. The standard InChI is InChI=1S/C13H15FO/c1-9(2)12(8-15)6-11-5-4-10(3)13(14)7-11/h4-9H,1-3H3/b12-6+. The molecule has 0 atom stereocenters. The summed E-state index contributed by atoms with van der Waals surface area (Å²) in [7, 11) is 0. The van der Waals surface area contributed by atoms with Gasteiger partial charge in [-0.2, -0.15) is 0 Å². The molecular formula is C13H15FO. The molecule has 0 aliphatic heterocycles. The predicted octanol–water partition coefficient (Wildman–Crippen LogP) is 3.37. The molecule has 0 bridgehead atoms. The van der Waals surface area contributed by atoms with Crippen LogP contribution < -0.4 is 0 Å². The Morgan fingerprint density at radius 3 is 2.53 bits per heavy atom. The first-order valence-electron chi connectivity index (χ1n) is 4.97. The SMILES string of the molecule is Cc1ccc(/C=C(\C=O)C(C)C)cc1F. The number of carbonyl (C=O) groups excluding carboxylic acids is 1. The molecule has 0 heterocycles. The Kier molecular flexibility index (Phi) is 3.78. The first kappa shape index (κ1) is 11.6. The summed E-state index contributed by atoms with van der Waals surface area (Å²) in [4.78, 5) is 10.7. The highest BCUT2D eigenvalue weighted by Gasteiger charge is 2.03. The van der Waals surface area contributed by atoms with E-state index in [1.54, 1.807) is 19.1 Å². The third-order valence-corrected chi connectivity index (χ3v) is 2.33. The van der Waals surface area contributed by atoms with Gasteiger partial charge in [-0.1, -0.05) is 26.0 Å². The average molecular weight is 206 g/mol. The summed E-state index contributed by atoms with van der Waals surface area (Å²) >= 11 is 0. The largest absolute Gasteiger partial charge is 0.298 e. The van der Waals surface area contributed by atoms with E-state index >= 15 is 0 Å². The zero-order valence-electron chi connectivity index (χ0n) is 9.25. The van der Waals surface area contributed by atoms with Gasteiger partial charge in [0.1, 0.15) is 12.1 Å². The van der Waals surface area contributed by atoms with Crippen molar-refractivity contribution in [2.24, 2.45) is 5.92 Å². The minimum atomic E-state index is -0.238. The van der Waals surface area contributed by atoms with Gasteiger partial charge < -0.3 is 0 Å². The van der Waals surface area contributed by atoms with E-state index in [2.05, 4.69) is 0 Å². The average Bonchev–Trinajstić information content (AvgIpc) is 2.19. The number of aryl methyl sites for hydroxylation is 1. The minimum absolute atomic E-state index is 0.159. The summed E-state index contributed by atoms with van der Waals surface area (Å²) in [5.41, 5.74) is 2.02. The van der Waals surface area contributed by atoms with E-state index < -0.39 is 0 Å². The topological polar surface area (TPSA) is 17.1 Å². The van der Waals surface area contributed by atoms with Crippen molar-refractivity contribution < 1.29 is 9.18 Å². The van der Waals surface area contributed by atoms with Crippen LogP contribution in [0.4, 0.5) is 4.39 Å². The predicted molar refractivity (Wildman–Crippen MR) is 60.0 cm³/mol. The molecule has 1 aromatic rings. The Bertz CT molecular complexity index is 392. The fourth-order valence-electron chi connectivity index (χ4n) is 1.23. The van der Waals surface area contributed by atoms with Gasteiger partial charge in [0.15, 0.2) is 0 Å². The summed E-state index contributed by atoms with van der Waals surface area (Å²) in [6.07, 6.45) is 2.54. The van der Waals surface area contributed by atoms with Crippen LogP contribution in [0.2, 0.25) is 0 Å². The van der Waals surface area contributed by atoms with Gasteiger partial charge in [-0.25, -0.2) is 4.39 Å². The molecule has 0 amide bonds. The molecule has 80 valence electrons. The number of benzene rings is 1. The van der Waals surface area contributed by atoms with Gasteiger partial charge in [-0.3, -0.25) is 4.79 Å². The maximum atomic E-state index is 13.2. The molecule has 0 spiro atoms. The lowest BCUT2D eigenvalue weighted by atomic mass is 10.0. The Balaban J connectivity index is 3.07. The molecule has 15 heavy (non-hydrogen) atoms. The molecule has 0 unspecified atom stereocenters. The van der Waals surface area contributed by atoms with Crippen molar-refractivity contribution in [3.63, 3.8) is 0 Å². The smallest absolute Gasteiger partial charge is 0.146 e. The lowest BCUT2D eigenvalue weighted by Crippen LogP contribution is -1.95. The van der Waals surface area contributed by atoms with E-state index in [4.69, 9.17) is 0 Å². The van der Waals surface area contributed by atoms with Gasteiger partial charge in [0.25, 0.3) is 0 Å². The van der Waals surface area contributed by atoms with Crippen LogP contribution in [0.15, 0.2) is 23.8 Å². The molecule has 0 aliphatic carbocycles. The Labute approximate surface area is 89.6 Å². The zero-order valence-corrected chi connectivity index (χ0v) is 9.25. The van der Waals surface area contributed by atoms with E-state index in [0.29, 0.717) is 11.1 Å². The van der Waals surface area contributed by atoms with E-state index in [-0.39, 0.29) is 11.7 Å². The molecule has 1 aromatic carbocycles. The maximum Gasteiger partial charge on any atom is 0.146 e. The molecule has 1 nitrogen and oxygen atoms in total. The van der Waals surface area contributed by atoms with Crippen LogP contribution >= 0.6 is 0 Å². The zero-order chi connectivity index (χ0) is 11.4. The first-order chi connectivity index (χ1) is 7.04. The molecular weight excluding hydrogens is 191 g/mol. The summed E-state index contributed by atoms with van der Waals surface area (Å²) in [6.45, 7) is 5.58. The van der Waals surface area contributed by atoms with Crippen LogP contribution in [0.1, 0.15) is 25.0 Å². The molecule has 0 aliphatic rings. The van der Waals surface area contributed by atoms with Gasteiger partial charge in [-0.05, 0) is 41.7 Å². The summed E-state index contributed by atoms with van der Waals surface area (Å²) in [6, 6.07) is 4.97. The number of rotatable bonds is 3. The second-order valence-electron chi connectivity index (χ2n) is 3.93. The van der Waals surface area contributed by atoms with Crippen LogP contribution in [0.5, 0.6) is 0 Å². The van der Waals surface area contributed by atoms with Crippen LogP contribution in [0.3, 0.4) is 0 Å². The van der Waals surface area contributed by atoms with Crippen molar-refractivity contribution >= 4 is 12.4 Å². The number of allylic oxidation sites excluding steroid dienone is 1. The monoisotopic (exact) mass is 206 g/mol. The fraction of sp³-hybridized carbons (Fsp3) is 0.308. The van der Waals surface area contributed by atoms with Gasteiger partial charge >= 0.3 is 0 Å². The van der Waals surface area contributed by atoms with Crippen LogP contribution in [0.25, 0.3) is 6.08 Å². The second kappa shape index (κ2) is 4.87. The van der Waals surface area contributed by atoms with Crippen molar-refractivity contribution in [2.45, 2.75) is 20.8 Å². The highest BCUT2D eigenvalue weighted by molar-refractivity contribution is 5.82. The number of aldehydes is 1. The Morgan fingerprint density at radius 2 is 2.07 bits per heavy atom. The van der Waals surface area contributed by atoms with E-state index in [1.807, 2.05) is 19.9 Å². The molecule has 1 rings (SSSR count). The van der Waals surface area contributed by atoms with Crippen LogP contribution in [-0.2, 0) is 4.79 Å². The highest BCUT2D eigenvalue weighted by atomic mass is 19.1. The van der Waals surface area contributed by atoms with Crippen LogP contribution in [0, 0.1) is 18.7 Å². The quantitative estimate of drug-likeness (QED) is 0.547. The van der Waals surface area contributed by atoms with Crippen molar-refractivity contribution in [3.05, 3.63) is 40.7 Å². The molecule has 0 saturated carbocycles. The third-order valence-electron chi connectivity index (χ3n) is 2.33. The number of halogens is 1. The summed E-state index contributed by atoms with van der Waals surface area (Å²) < 4.78 is 13.2. The number of hydrogen-bond acceptors (Lipinski definition) is 1. The highest BCUT2D eigenvalue weighted by Crippen LogP contribution is 2.15. The minimum Gasteiger partial charge on any atom is -0.298 e. The number of carbonyl (C=O) groups is 1. The van der Waals surface area contributed by atoms with Gasteiger partial charge in [-0.15, -0.1) is 0 Å². The molecule has 0 fully saturated rings. The molecule has 0 saturated heterocycles. The van der Waals surface area contributed by atoms with Gasteiger partial charge in [0.05, 0.1) is 0 Å². The normalized spacial score (nSPS) is 11.9. The third kappa shape index (κ3) is 3.01.